The molecule has 1 N–H and O–H groups in total. The average molecular weight is 336 g/mol. The zero-order valence-corrected chi connectivity index (χ0v) is 14.2. The van der Waals surface area contributed by atoms with Gasteiger partial charge in [0.25, 0.3) is 0 Å². The SMILES string of the molecule is CC(=O)c1sc(-c2cccc(N=Cc3ccc(O)cc3)c2)nc1C. The number of nitrogens with zero attached hydrogens (tertiary/aromatic N) is 2. The van der Waals surface area contributed by atoms with Crippen molar-refractivity contribution in [3.8, 4) is 16.3 Å². The van der Waals surface area contributed by atoms with E-state index in [1.54, 1.807) is 37.4 Å². The highest BCUT2D eigenvalue weighted by molar-refractivity contribution is 7.17. The van der Waals surface area contributed by atoms with Crippen LogP contribution in [0.1, 0.15) is 27.9 Å². The summed E-state index contributed by atoms with van der Waals surface area (Å²) in [6.45, 7) is 3.41. The lowest BCUT2D eigenvalue weighted by atomic mass is 10.2. The first kappa shape index (κ1) is 16.1. The van der Waals surface area contributed by atoms with Gasteiger partial charge in [-0.15, -0.1) is 11.3 Å². The van der Waals surface area contributed by atoms with Crippen LogP contribution in [0.15, 0.2) is 53.5 Å². The van der Waals surface area contributed by atoms with Gasteiger partial charge in [0.05, 0.1) is 16.3 Å². The Kier molecular flexibility index (Phi) is 4.53. The van der Waals surface area contributed by atoms with Crippen molar-refractivity contribution >= 4 is 29.0 Å². The van der Waals surface area contributed by atoms with Crippen LogP contribution in [0.4, 0.5) is 5.69 Å². The van der Waals surface area contributed by atoms with Crippen LogP contribution in [0.2, 0.25) is 0 Å². The lowest BCUT2D eigenvalue weighted by Gasteiger charge is -1.99. The van der Waals surface area contributed by atoms with Crippen LogP contribution < -0.4 is 0 Å². The van der Waals surface area contributed by atoms with Crippen molar-refractivity contribution in [3.05, 3.63) is 64.7 Å². The molecule has 3 aromatic rings. The molecule has 0 unspecified atom stereocenters. The Labute approximate surface area is 144 Å². The second-order valence-corrected chi connectivity index (χ2v) is 6.39. The number of aromatic nitrogens is 1. The van der Waals surface area contributed by atoms with E-state index in [1.807, 2.05) is 31.2 Å². The summed E-state index contributed by atoms with van der Waals surface area (Å²) in [4.78, 5) is 21.2. The second-order valence-electron chi connectivity index (χ2n) is 5.39. The molecule has 5 heteroatoms. The Hall–Kier alpha value is -2.79. The molecule has 3 rings (SSSR count). The van der Waals surface area contributed by atoms with Crippen LogP contribution in [0.5, 0.6) is 5.75 Å². The van der Waals surface area contributed by atoms with Gasteiger partial charge >= 0.3 is 0 Å². The van der Waals surface area contributed by atoms with Gasteiger partial charge in [0.2, 0.25) is 0 Å². The summed E-state index contributed by atoms with van der Waals surface area (Å²) in [6, 6.07) is 14.6. The number of hydrogen-bond acceptors (Lipinski definition) is 5. The molecule has 0 aliphatic heterocycles. The zero-order chi connectivity index (χ0) is 17.1. The number of phenolic OH excluding ortho intramolecular Hbond substituents is 1. The van der Waals surface area contributed by atoms with E-state index in [-0.39, 0.29) is 11.5 Å². The van der Waals surface area contributed by atoms with Crippen molar-refractivity contribution in [3.63, 3.8) is 0 Å². The van der Waals surface area contributed by atoms with Crippen LogP contribution in [-0.4, -0.2) is 22.1 Å². The van der Waals surface area contributed by atoms with E-state index in [0.29, 0.717) is 4.88 Å². The molecule has 24 heavy (non-hydrogen) atoms. The van der Waals surface area contributed by atoms with Crippen LogP contribution >= 0.6 is 11.3 Å². The standard InChI is InChI=1S/C19H16N2O2S/c1-12-18(13(2)22)24-19(21-12)15-4-3-5-16(10-15)20-11-14-6-8-17(23)9-7-14/h3-11,23H,1-2H3. The van der Waals surface area contributed by atoms with Gasteiger partial charge in [-0.1, -0.05) is 12.1 Å². The fourth-order valence-corrected chi connectivity index (χ4v) is 3.23. The number of thiazole rings is 1. The Bertz CT molecular complexity index is 911. The van der Waals surface area contributed by atoms with Gasteiger partial charge in [-0.25, -0.2) is 4.98 Å². The van der Waals surface area contributed by atoms with Crippen molar-refractivity contribution < 1.29 is 9.90 Å². The van der Waals surface area contributed by atoms with E-state index < -0.39 is 0 Å². The summed E-state index contributed by atoms with van der Waals surface area (Å²) in [5, 5.41) is 10.1. The highest BCUT2D eigenvalue weighted by atomic mass is 32.1. The molecule has 0 aliphatic rings. The number of aliphatic imine (C=N–C) groups is 1. The van der Waals surface area contributed by atoms with Gasteiger partial charge in [-0.2, -0.15) is 0 Å². The number of Topliss-reactive ketones (excluding diaryl/α,β-unsaturated/α-hetero) is 1. The topological polar surface area (TPSA) is 62.5 Å². The molecular formula is C19H16N2O2S. The highest BCUT2D eigenvalue weighted by Gasteiger charge is 2.12. The van der Waals surface area contributed by atoms with Crippen molar-refractivity contribution in [2.45, 2.75) is 13.8 Å². The van der Waals surface area contributed by atoms with Gasteiger partial charge in [0.15, 0.2) is 5.78 Å². The van der Waals surface area contributed by atoms with E-state index in [9.17, 15) is 9.90 Å². The van der Waals surface area contributed by atoms with Crippen molar-refractivity contribution in [2.75, 3.05) is 0 Å². The predicted octanol–water partition coefficient (Wildman–Crippen LogP) is 4.78. The molecule has 1 aromatic heterocycles. The quantitative estimate of drug-likeness (QED) is 0.551. The number of ketones is 1. The maximum Gasteiger partial charge on any atom is 0.171 e. The Morgan fingerprint density at radius 3 is 2.62 bits per heavy atom. The van der Waals surface area contributed by atoms with Gasteiger partial charge in [0.1, 0.15) is 10.8 Å². The molecule has 0 radical (unpaired) electrons. The molecule has 0 amide bonds. The maximum atomic E-state index is 11.6. The zero-order valence-electron chi connectivity index (χ0n) is 13.4. The summed E-state index contributed by atoms with van der Waals surface area (Å²) in [7, 11) is 0. The minimum atomic E-state index is 0.0396. The van der Waals surface area contributed by atoms with E-state index in [2.05, 4.69) is 9.98 Å². The number of benzene rings is 2. The number of aromatic hydroxyl groups is 1. The Balaban J connectivity index is 1.87. The number of rotatable bonds is 4. The molecular weight excluding hydrogens is 320 g/mol. The fourth-order valence-electron chi connectivity index (χ4n) is 2.28. The Morgan fingerprint density at radius 1 is 1.21 bits per heavy atom. The minimum absolute atomic E-state index is 0.0396. The smallest absolute Gasteiger partial charge is 0.171 e. The fraction of sp³-hybridized carbons (Fsp3) is 0.105. The second kappa shape index (κ2) is 6.76. The van der Waals surface area contributed by atoms with Crippen molar-refractivity contribution in [1.82, 2.24) is 4.98 Å². The first-order chi connectivity index (χ1) is 11.5. The van der Waals surface area contributed by atoms with Gasteiger partial charge in [-0.3, -0.25) is 9.79 Å². The van der Waals surface area contributed by atoms with Crippen LogP contribution in [0.3, 0.4) is 0 Å². The summed E-state index contributed by atoms with van der Waals surface area (Å²) in [6.07, 6.45) is 1.74. The van der Waals surface area contributed by atoms with E-state index >= 15 is 0 Å². The molecule has 0 spiro atoms. The largest absolute Gasteiger partial charge is 0.508 e. The molecule has 0 bridgehead atoms. The lowest BCUT2D eigenvalue weighted by Crippen LogP contribution is -1.89. The van der Waals surface area contributed by atoms with E-state index in [1.165, 1.54) is 11.3 Å². The maximum absolute atomic E-state index is 11.6. The molecule has 0 saturated carbocycles. The van der Waals surface area contributed by atoms with Crippen molar-refractivity contribution in [1.29, 1.82) is 0 Å². The third kappa shape index (κ3) is 3.58. The normalized spacial score (nSPS) is 11.1. The number of phenols is 1. The Morgan fingerprint density at radius 2 is 1.96 bits per heavy atom. The summed E-state index contributed by atoms with van der Waals surface area (Å²) >= 11 is 1.41. The first-order valence-corrected chi connectivity index (χ1v) is 8.26. The summed E-state index contributed by atoms with van der Waals surface area (Å²) in [5.41, 5.74) is 3.41. The lowest BCUT2D eigenvalue weighted by molar-refractivity contribution is 0.102. The number of carbonyl (C=O) groups is 1. The monoisotopic (exact) mass is 336 g/mol. The highest BCUT2D eigenvalue weighted by Crippen LogP contribution is 2.30. The summed E-state index contributed by atoms with van der Waals surface area (Å²) in [5.74, 6) is 0.271. The van der Waals surface area contributed by atoms with Gasteiger partial charge < -0.3 is 5.11 Å². The number of aryl methyl sites for hydroxylation is 1. The van der Waals surface area contributed by atoms with Crippen LogP contribution in [-0.2, 0) is 0 Å². The van der Waals surface area contributed by atoms with Gasteiger partial charge in [-0.05, 0) is 48.9 Å². The molecule has 0 aliphatic carbocycles. The number of carbonyl (C=O) groups excluding carboxylic acids is 1. The molecule has 4 nitrogen and oxygen atoms in total. The van der Waals surface area contributed by atoms with E-state index in [4.69, 9.17) is 0 Å². The first-order valence-electron chi connectivity index (χ1n) is 7.45. The molecule has 0 atom stereocenters. The molecule has 0 saturated heterocycles. The number of hydrogen-bond donors (Lipinski definition) is 1. The summed E-state index contributed by atoms with van der Waals surface area (Å²) < 4.78 is 0. The third-order valence-corrected chi connectivity index (χ3v) is 4.77. The van der Waals surface area contributed by atoms with Crippen LogP contribution in [0.25, 0.3) is 10.6 Å². The molecule has 1 heterocycles. The van der Waals surface area contributed by atoms with Gasteiger partial charge in [0, 0.05) is 18.7 Å². The average Bonchev–Trinajstić information content (AvgIpc) is 2.97. The molecule has 0 fully saturated rings. The predicted molar refractivity (Wildman–Crippen MR) is 97.7 cm³/mol. The molecule has 2 aromatic carbocycles. The minimum Gasteiger partial charge on any atom is -0.508 e. The van der Waals surface area contributed by atoms with E-state index in [0.717, 1.165) is 27.5 Å². The molecule has 120 valence electrons. The van der Waals surface area contributed by atoms with Crippen LogP contribution in [0, 0.1) is 6.92 Å². The third-order valence-electron chi connectivity index (χ3n) is 3.47. The van der Waals surface area contributed by atoms with Crippen molar-refractivity contribution in [2.24, 2.45) is 4.99 Å².